The third-order valence-corrected chi connectivity index (χ3v) is 3.27. The highest BCUT2D eigenvalue weighted by Gasteiger charge is 2.09. The highest BCUT2D eigenvalue weighted by atomic mass is 16.5. The summed E-state index contributed by atoms with van der Waals surface area (Å²) in [4.78, 5) is 11.2. The van der Waals surface area contributed by atoms with Crippen LogP contribution in [0.5, 0.6) is 5.75 Å². The molecule has 4 heteroatoms. The summed E-state index contributed by atoms with van der Waals surface area (Å²) < 4.78 is 5.19. The average molecular weight is 285 g/mol. The van der Waals surface area contributed by atoms with Gasteiger partial charge in [-0.1, -0.05) is 23.8 Å². The Labute approximate surface area is 124 Å². The summed E-state index contributed by atoms with van der Waals surface area (Å²) in [7, 11) is 1.64. The van der Waals surface area contributed by atoms with Gasteiger partial charge in [-0.05, 0) is 43.2 Å². The Bertz CT molecular complexity index is 638. The second-order valence-corrected chi connectivity index (χ2v) is 4.88. The molecule has 0 atom stereocenters. The first kappa shape index (κ1) is 14.9. The summed E-state index contributed by atoms with van der Waals surface area (Å²) in [5.41, 5.74) is 3.04. The Morgan fingerprint density at radius 2 is 2.05 bits per heavy atom. The number of ether oxygens (including phenoxy) is 1. The van der Waals surface area contributed by atoms with E-state index in [1.54, 1.807) is 13.2 Å². The number of anilines is 1. The SMILES string of the molecule is COc1cccc(CCNc2ccc(C)cc2C(=O)O)c1. The maximum atomic E-state index is 11.2. The zero-order valence-electron chi connectivity index (χ0n) is 12.2. The van der Waals surface area contributed by atoms with Gasteiger partial charge in [-0.15, -0.1) is 0 Å². The van der Waals surface area contributed by atoms with Crippen molar-refractivity contribution in [2.75, 3.05) is 19.0 Å². The van der Waals surface area contributed by atoms with Crippen molar-refractivity contribution in [3.63, 3.8) is 0 Å². The number of carbonyl (C=O) groups is 1. The zero-order valence-corrected chi connectivity index (χ0v) is 12.2. The van der Waals surface area contributed by atoms with Gasteiger partial charge >= 0.3 is 5.97 Å². The van der Waals surface area contributed by atoms with Gasteiger partial charge in [-0.3, -0.25) is 0 Å². The largest absolute Gasteiger partial charge is 0.497 e. The van der Waals surface area contributed by atoms with Crippen LogP contribution in [-0.4, -0.2) is 24.7 Å². The summed E-state index contributed by atoms with van der Waals surface area (Å²) >= 11 is 0. The molecule has 0 heterocycles. The molecular weight excluding hydrogens is 266 g/mol. The molecule has 0 bridgehead atoms. The van der Waals surface area contributed by atoms with Crippen molar-refractivity contribution in [1.82, 2.24) is 0 Å². The lowest BCUT2D eigenvalue weighted by Crippen LogP contribution is -2.09. The van der Waals surface area contributed by atoms with Gasteiger partial charge in [0.15, 0.2) is 0 Å². The number of carboxylic acid groups (broad SMARTS) is 1. The molecule has 0 fully saturated rings. The zero-order chi connectivity index (χ0) is 15.2. The van der Waals surface area contributed by atoms with E-state index < -0.39 is 5.97 Å². The van der Waals surface area contributed by atoms with E-state index in [2.05, 4.69) is 5.32 Å². The first-order chi connectivity index (χ1) is 10.1. The number of rotatable bonds is 6. The lowest BCUT2D eigenvalue weighted by molar-refractivity contribution is 0.0698. The Hall–Kier alpha value is -2.49. The van der Waals surface area contributed by atoms with Gasteiger partial charge in [0, 0.05) is 12.2 Å². The minimum absolute atomic E-state index is 0.306. The van der Waals surface area contributed by atoms with E-state index in [1.165, 1.54) is 0 Å². The fourth-order valence-corrected chi connectivity index (χ4v) is 2.16. The van der Waals surface area contributed by atoms with Crippen LogP contribution in [0.3, 0.4) is 0 Å². The van der Waals surface area contributed by atoms with Crippen LogP contribution in [0.15, 0.2) is 42.5 Å². The molecule has 0 amide bonds. The Morgan fingerprint density at radius 1 is 1.24 bits per heavy atom. The average Bonchev–Trinajstić information content (AvgIpc) is 2.48. The van der Waals surface area contributed by atoms with Crippen molar-refractivity contribution in [3.8, 4) is 5.75 Å². The predicted octanol–water partition coefficient (Wildman–Crippen LogP) is 3.36. The summed E-state index contributed by atoms with van der Waals surface area (Å²) in [6.45, 7) is 2.54. The summed E-state index contributed by atoms with van der Waals surface area (Å²) in [5, 5.41) is 12.4. The maximum Gasteiger partial charge on any atom is 0.337 e. The molecule has 0 spiro atoms. The number of hydrogen-bond donors (Lipinski definition) is 2. The lowest BCUT2D eigenvalue weighted by atomic mass is 10.1. The first-order valence-corrected chi connectivity index (χ1v) is 6.81. The molecule has 2 rings (SSSR count). The molecule has 21 heavy (non-hydrogen) atoms. The molecule has 0 radical (unpaired) electrons. The molecule has 4 nitrogen and oxygen atoms in total. The molecule has 110 valence electrons. The van der Waals surface area contributed by atoms with Gasteiger partial charge in [-0.25, -0.2) is 4.79 Å². The summed E-state index contributed by atoms with van der Waals surface area (Å²) in [6.07, 6.45) is 0.796. The van der Waals surface area contributed by atoms with Crippen LogP contribution in [0.4, 0.5) is 5.69 Å². The number of hydrogen-bond acceptors (Lipinski definition) is 3. The number of nitrogens with one attached hydrogen (secondary N) is 1. The second kappa shape index (κ2) is 6.79. The van der Waals surface area contributed by atoms with Crippen molar-refractivity contribution in [3.05, 3.63) is 59.2 Å². The molecule has 0 aliphatic rings. The first-order valence-electron chi connectivity index (χ1n) is 6.81. The topological polar surface area (TPSA) is 58.6 Å². The smallest absolute Gasteiger partial charge is 0.337 e. The van der Waals surface area contributed by atoms with Crippen LogP contribution in [0.1, 0.15) is 21.5 Å². The maximum absolute atomic E-state index is 11.2. The molecule has 2 N–H and O–H groups in total. The van der Waals surface area contributed by atoms with Gasteiger partial charge in [0.2, 0.25) is 0 Å². The molecule has 0 saturated carbocycles. The third-order valence-electron chi connectivity index (χ3n) is 3.27. The fraction of sp³-hybridized carbons (Fsp3) is 0.235. The van der Waals surface area contributed by atoms with Crippen molar-refractivity contribution < 1.29 is 14.6 Å². The van der Waals surface area contributed by atoms with Crippen molar-refractivity contribution in [2.24, 2.45) is 0 Å². The van der Waals surface area contributed by atoms with E-state index in [9.17, 15) is 9.90 Å². The van der Waals surface area contributed by atoms with Gasteiger partial charge < -0.3 is 15.2 Å². The van der Waals surface area contributed by atoms with E-state index in [1.807, 2.05) is 43.3 Å². The summed E-state index contributed by atoms with van der Waals surface area (Å²) in [6, 6.07) is 13.2. The van der Waals surface area contributed by atoms with Crippen LogP contribution in [0.25, 0.3) is 0 Å². The van der Waals surface area contributed by atoms with Crippen LogP contribution >= 0.6 is 0 Å². The molecule has 2 aromatic carbocycles. The van der Waals surface area contributed by atoms with Gasteiger partial charge in [-0.2, -0.15) is 0 Å². The highest BCUT2D eigenvalue weighted by Crippen LogP contribution is 2.18. The minimum Gasteiger partial charge on any atom is -0.497 e. The van der Waals surface area contributed by atoms with Crippen LogP contribution in [-0.2, 0) is 6.42 Å². The fourth-order valence-electron chi connectivity index (χ4n) is 2.16. The van der Waals surface area contributed by atoms with E-state index in [4.69, 9.17) is 4.74 Å². The molecule has 0 unspecified atom stereocenters. The molecule has 2 aromatic rings. The Morgan fingerprint density at radius 3 is 2.76 bits per heavy atom. The molecule has 0 aliphatic heterocycles. The number of benzene rings is 2. The number of aryl methyl sites for hydroxylation is 1. The Balaban J connectivity index is 2.01. The van der Waals surface area contributed by atoms with E-state index in [0.29, 0.717) is 17.8 Å². The monoisotopic (exact) mass is 285 g/mol. The number of carboxylic acids is 1. The van der Waals surface area contributed by atoms with E-state index >= 15 is 0 Å². The van der Waals surface area contributed by atoms with Gasteiger partial charge in [0.05, 0.1) is 12.7 Å². The standard InChI is InChI=1S/C17H19NO3/c1-12-6-7-16(15(10-12)17(19)20)18-9-8-13-4-3-5-14(11-13)21-2/h3-7,10-11,18H,8-9H2,1-2H3,(H,19,20). The van der Waals surface area contributed by atoms with Gasteiger partial charge in [0.25, 0.3) is 0 Å². The normalized spacial score (nSPS) is 10.2. The summed E-state index contributed by atoms with van der Waals surface area (Å²) in [5.74, 6) is -0.0864. The minimum atomic E-state index is -0.914. The quantitative estimate of drug-likeness (QED) is 0.854. The van der Waals surface area contributed by atoms with Crippen molar-refractivity contribution >= 4 is 11.7 Å². The second-order valence-electron chi connectivity index (χ2n) is 4.88. The lowest BCUT2D eigenvalue weighted by Gasteiger charge is -2.11. The predicted molar refractivity (Wildman–Crippen MR) is 83.3 cm³/mol. The number of aromatic carboxylic acids is 1. The van der Waals surface area contributed by atoms with Crippen molar-refractivity contribution in [1.29, 1.82) is 0 Å². The molecule has 0 aromatic heterocycles. The molecule has 0 saturated heterocycles. The van der Waals surface area contributed by atoms with Crippen LogP contribution in [0.2, 0.25) is 0 Å². The number of methoxy groups -OCH3 is 1. The van der Waals surface area contributed by atoms with E-state index in [0.717, 1.165) is 23.3 Å². The molecular formula is C17H19NO3. The van der Waals surface area contributed by atoms with Gasteiger partial charge in [0.1, 0.15) is 5.75 Å². The third kappa shape index (κ3) is 3.99. The van der Waals surface area contributed by atoms with Crippen LogP contribution in [0, 0.1) is 6.92 Å². The van der Waals surface area contributed by atoms with Crippen molar-refractivity contribution in [2.45, 2.75) is 13.3 Å². The van der Waals surface area contributed by atoms with Crippen LogP contribution < -0.4 is 10.1 Å². The van der Waals surface area contributed by atoms with E-state index in [-0.39, 0.29) is 0 Å². The highest BCUT2D eigenvalue weighted by molar-refractivity contribution is 5.94. The Kier molecular flexibility index (Phi) is 4.82. The molecule has 0 aliphatic carbocycles.